The van der Waals surface area contributed by atoms with Gasteiger partial charge in [-0.15, -0.1) is 0 Å². The average molecular weight is 222 g/mol. The summed E-state index contributed by atoms with van der Waals surface area (Å²) in [5, 5.41) is 3.38. The standard InChI is InChI=1S/C12H22N4/c1-2-6-13-9-11-10-14-12(15-11)16-7-4-3-5-8-16/h10,13H,2-9H2,1H3,(H,14,15). The van der Waals surface area contributed by atoms with Gasteiger partial charge in [-0.25, -0.2) is 4.98 Å². The van der Waals surface area contributed by atoms with Gasteiger partial charge in [-0.2, -0.15) is 0 Å². The van der Waals surface area contributed by atoms with Crippen LogP contribution < -0.4 is 10.2 Å². The first-order chi connectivity index (χ1) is 7.90. The molecular formula is C12H22N4. The van der Waals surface area contributed by atoms with Gasteiger partial charge < -0.3 is 15.2 Å². The topological polar surface area (TPSA) is 44.0 Å². The molecule has 1 aliphatic rings. The summed E-state index contributed by atoms with van der Waals surface area (Å²) in [5.74, 6) is 1.05. The number of nitrogens with one attached hydrogen (secondary N) is 2. The van der Waals surface area contributed by atoms with Crippen LogP contribution in [-0.2, 0) is 6.54 Å². The van der Waals surface area contributed by atoms with Gasteiger partial charge in [0.2, 0.25) is 5.95 Å². The van der Waals surface area contributed by atoms with Gasteiger partial charge in [-0.3, -0.25) is 0 Å². The molecular weight excluding hydrogens is 200 g/mol. The lowest BCUT2D eigenvalue weighted by Crippen LogP contribution is -2.30. The predicted molar refractivity (Wildman–Crippen MR) is 66.6 cm³/mol. The Labute approximate surface area is 97.4 Å². The van der Waals surface area contributed by atoms with E-state index in [1.807, 2.05) is 6.20 Å². The molecule has 2 heterocycles. The van der Waals surface area contributed by atoms with Gasteiger partial charge in [0, 0.05) is 19.6 Å². The minimum Gasteiger partial charge on any atom is -0.342 e. The predicted octanol–water partition coefficient (Wildman–Crippen LogP) is 1.90. The molecule has 1 aromatic rings. The van der Waals surface area contributed by atoms with Crippen molar-refractivity contribution in [3.05, 3.63) is 11.9 Å². The molecule has 2 rings (SSSR count). The van der Waals surface area contributed by atoms with Crippen LogP contribution in [-0.4, -0.2) is 29.6 Å². The van der Waals surface area contributed by atoms with Crippen LogP contribution in [0.4, 0.5) is 5.95 Å². The maximum atomic E-state index is 4.45. The van der Waals surface area contributed by atoms with E-state index in [0.29, 0.717) is 0 Å². The molecule has 4 heteroatoms. The normalized spacial score (nSPS) is 16.7. The van der Waals surface area contributed by atoms with E-state index in [0.717, 1.165) is 32.1 Å². The molecule has 16 heavy (non-hydrogen) atoms. The Morgan fingerprint density at radius 1 is 1.38 bits per heavy atom. The third-order valence-electron chi connectivity index (χ3n) is 3.01. The summed E-state index contributed by atoms with van der Waals surface area (Å²) in [6.07, 6.45) is 7.08. The van der Waals surface area contributed by atoms with Crippen molar-refractivity contribution in [3.63, 3.8) is 0 Å². The zero-order valence-corrected chi connectivity index (χ0v) is 10.1. The smallest absolute Gasteiger partial charge is 0.202 e. The van der Waals surface area contributed by atoms with E-state index in [1.54, 1.807) is 0 Å². The summed E-state index contributed by atoms with van der Waals surface area (Å²) in [5.41, 5.74) is 1.19. The fourth-order valence-corrected chi connectivity index (χ4v) is 2.10. The lowest BCUT2D eigenvalue weighted by Gasteiger charge is -2.25. The number of aromatic nitrogens is 2. The molecule has 0 aromatic carbocycles. The molecule has 4 nitrogen and oxygen atoms in total. The van der Waals surface area contributed by atoms with Crippen molar-refractivity contribution in [3.8, 4) is 0 Å². The zero-order chi connectivity index (χ0) is 11.2. The Morgan fingerprint density at radius 3 is 2.94 bits per heavy atom. The summed E-state index contributed by atoms with van der Waals surface area (Å²) >= 11 is 0. The van der Waals surface area contributed by atoms with Crippen LogP contribution in [0.1, 0.15) is 38.3 Å². The number of imidazole rings is 1. The van der Waals surface area contributed by atoms with E-state index in [1.165, 1.54) is 31.4 Å². The maximum absolute atomic E-state index is 4.45. The summed E-state index contributed by atoms with van der Waals surface area (Å²) < 4.78 is 0. The molecule has 2 N–H and O–H groups in total. The fraction of sp³-hybridized carbons (Fsp3) is 0.750. The second-order valence-corrected chi connectivity index (χ2v) is 4.46. The van der Waals surface area contributed by atoms with Gasteiger partial charge in [0.15, 0.2) is 0 Å². The molecule has 0 saturated carbocycles. The van der Waals surface area contributed by atoms with E-state index in [2.05, 4.69) is 27.1 Å². The van der Waals surface area contributed by atoms with E-state index >= 15 is 0 Å². The Balaban J connectivity index is 1.85. The minimum atomic E-state index is 0.898. The van der Waals surface area contributed by atoms with E-state index in [9.17, 15) is 0 Å². The highest BCUT2D eigenvalue weighted by molar-refractivity contribution is 5.31. The van der Waals surface area contributed by atoms with Crippen molar-refractivity contribution in [1.29, 1.82) is 0 Å². The third kappa shape index (κ3) is 2.98. The molecule has 1 fully saturated rings. The van der Waals surface area contributed by atoms with Crippen molar-refractivity contribution in [2.75, 3.05) is 24.5 Å². The summed E-state index contributed by atoms with van der Waals surface area (Å²) in [6, 6.07) is 0. The molecule has 0 atom stereocenters. The van der Waals surface area contributed by atoms with E-state index in [-0.39, 0.29) is 0 Å². The Bertz CT molecular complexity index is 302. The molecule has 1 aliphatic heterocycles. The van der Waals surface area contributed by atoms with E-state index in [4.69, 9.17) is 0 Å². The van der Waals surface area contributed by atoms with Crippen LogP contribution in [0.5, 0.6) is 0 Å². The number of rotatable bonds is 5. The highest BCUT2D eigenvalue weighted by atomic mass is 15.3. The average Bonchev–Trinajstić information content (AvgIpc) is 2.79. The van der Waals surface area contributed by atoms with Crippen LogP contribution in [0.3, 0.4) is 0 Å². The molecule has 1 aromatic heterocycles. The second-order valence-electron chi connectivity index (χ2n) is 4.46. The van der Waals surface area contributed by atoms with Gasteiger partial charge in [0.25, 0.3) is 0 Å². The second kappa shape index (κ2) is 5.89. The number of hydrogen-bond acceptors (Lipinski definition) is 3. The Kier molecular flexibility index (Phi) is 4.22. The Morgan fingerprint density at radius 2 is 2.19 bits per heavy atom. The fourth-order valence-electron chi connectivity index (χ4n) is 2.10. The van der Waals surface area contributed by atoms with Crippen molar-refractivity contribution in [2.45, 2.75) is 39.2 Å². The van der Waals surface area contributed by atoms with Crippen molar-refractivity contribution < 1.29 is 0 Å². The number of aromatic amines is 1. The number of H-pyrrole nitrogens is 1. The van der Waals surface area contributed by atoms with Crippen LogP contribution in [0.25, 0.3) is 0 Å². The maximum Gasteiger partial charge on any atom is 0.202 e. The van der Waals surface area contributed by atoms with Crippen molar-refractivity contribution in [2.24, 2.45) is 0 Å². The number of anilines is 1. The van der Waals surface area contributed by atoms with Gasteiger partial charge in [-0.1, -0.05) is 6.92 Å². The molecule has 0 unspecified atom stereocenters. The minimum absolute atomic E-state index is 0.898. The molecule has 0 amide bonds. The molecule has 90 valence electrons. The quantitative estimate of drug-likeness (QED) is 0.748. The highest BCUT2D eigenvalue weighted by Gasteiger charge is 2.13. The monoisotopic (exact) mass is 222 g/mol. The van der Waals surface area contributed by atoms with Crippen LogP contribution >= 0.6 is 0 Å². The Hall–Kier alpha value is -1.03. The van der Waals surface area contributed by atoms with Crippen LogP contribution in [0.2, 0.25) is 0 Å². The van der Waals surface area contributed by atoms with Crippen molar-refractivity contribution >= 4 is 5.95 Å². The molecule has 0 aliphatic carbocycles. The number of nitrogens with zero attached hydrogens (tertiary/aromatic N) is 2. The summed E-state index contributed by atoms with van der Waals surface area (Å²) in [4.78, 5) is 10.2. The van der Waals surface area contributed by atoms with Crippen LogP contribution in [0.15, 0.2) is 6.20 Å². The van der Waals surface area contributed by atoms with Crippen LogP contribution in [0, 0.1) is 0 Å². The molecule has 0 radical (unpaired) electrons. The zero-order valence-electron chi connectivity index (χ0n) is 10.1. The van der Waals surface area contributed by atoms with Gasteiger partial charge >= 0.3 is 0 Å². The molecule has 0 spiro atoms. The SMILES string of the molecule is CCCNCc1cnc(N2CCCCC2)[nH]1. The lowest BCUT2D eigenvalue weighted by atomic mass is 10.1. The van der Waals surface area contributed by atoms with Gasteiger partial charge in [0.05, 0.1) is 11.9 Å². The summed E-state index contributed by atoms with van der Waals surface area (Å²) in [6.45, 7) is 6.44. The largest absolute Gasteiger partial charge is 0.342 e. The van der Waals surface area contributed by atoms with Gasteiger partial charge in [-0.05, 0) is 32.2 Å². The van der Waals surface area contributed by atoms with Crippen molar-refractivity contribution in [1.82, 2.24) is 15.3 Å². The number of hydrogen-bond donors (Lipinski definition) is 2. The first-order valence-corrected chi connectivity index (χ1v) is 6.39. The highest BCUT2D eigenvalue weighted by Crippen LogP contribution is 2.15. The lowest BCUT2D eigenvalue weighted by molar-refractivity contribution is 0.569. The third-order valence-corrected chi connectivity index (χ3v) is 3.01. The first-order valence-electron chi connectivity index (χ1n) is 6.39. The molecule has 0 bridgehead atoms. The van der Waals surface area contributed by atoms with Gasteiger partial charge in [0.1, 0.15) is 0 Å². The number of piperidine rings is 1. The summed E-state index contributed by atoms with van der Waals surface area (Å²) in [7, 11) is 0. The first kappa shape index (κ1) is 11.5. The van der Waals surface area contributed by atoms with E-state index < -0.39 is 0 Å². The molecule has 1 saturated heterocycles.